The van der Waals surface area contributed by atoms with Gasteiger partial charge in [-0.05, 0) is 197 Å². The second-order valence-corrected chi connectivity index (χ2v) is 27.0. The predicted octanol–water partition coefficient (Wildman–Crippen LogP) is 10.6. The Labute approximate surface area is 534 Å². The number of ketones is 2. The fourth-order valence-corrected chi connectivity index (χ4v) is 16.5. The van der Waals surface area contributed by atoms with Crippen LogP contribution in [0.25, 0.3) is 10.8 Å². The molecule has 476 valence electrons. The second-order valence-electron chi connectivity index (χ2n) is 27.0. The van der Waals surface area contributed by atoms with Gasteiger partial charge in [0.05, 0.1) is 25.2 Å². The molecule has 15 unspecified atom stereocenters. The lowest BCUT2D eigenvalue weighted by Crippen LogP contribution is -2.40. The lowest BCUT2D eigenvalue weighted by atomic mass is 9.63. The number of fused-ring (bicyclic) bond motifs is 15. The molecule has 14 nitrogen and oxygen atoms in total. The van der Waals surface area contributed by atoms with E-state index in [9.17, 15) is 40.5 Å². The second kappa shape index (κ2) is 28.0. The minimum Gasteiger partial charge on any atom is -0.508 e. The molecular formula is C77H88N4O10. The Balaban J connectivity index is 1.07. The first-order chi connectivity index (χ1) is 44.1. The number of aromatic hydroxyl groups is 3. The van der Waals surface area contributed by atoms with Gasteiger partial charge in [-0.1, -0.05) is 98.7 Å². The van der Waals surface area contributed by atoms with Gasteiger partial charge in [-0.2, -0.15) is 0 Å². The van der Waals surface area contributed by atoms with Crippen LogP contribution < -0.4 is 20.7 Å². The van der Waals surface area contributed by atoms with Crippen molar-refractivity contribution in [3.05, 3.63) is 171 Å². The van der Waals surface area contributed by atoms with Gasteiger partial charge in [-0.3, -0.25) is 9.59 Å². The molecule has 5 aromatic carbocycles. The van der Waals surface area contributed by atoms with Gasteiger partial charge in [0.15, 0.2) is 29.2 Å². The molecule has 0 amide bonds. The zero-order valence-electron chi connectivity index (χ0n) is 52.5. The molecule has 6 aromatic rings. The molecule has 15 atom stereocenters. The number of aliphatic hydroxyl groups excluding tert-OH is 4. The van der Waals surface area contributed by atoms with E-state index in [0.29, 0.717) is 93.1 Å². The molecule has 6 aliphatic rings. The summed E-state index contributed by atoms with van der Waals surface area (Å²) in [4.78, 5) is 33.7. The van der Waals surface area contributed by atoms with Crippen molar-refractivity contribution in [2.75, 3.05) is 38.7 Å². The molecule has 13 bridgehead atoms. The van der Waals surface area contributed by atoms with Crippen LogP contribution in [-0.4, -0.2) is 104 Å². The summed E-state index contributed by atoms with van der Waals surface area (Å²) < 4.78 is 5.70. The van der Waals surface area contributed by atoms with Crippen molar-refractivity contribution in [1.82, 2.24) is 15.6 Å². The molecule has 0 radical (unpaired) electrons. The number of carbonyl (C=O) groups is 2. The summed E-state index contributed by atoms with van der Waals surface area (Å²) in [5.41, 5.74) is 8.65. The number of aliphatic hydroxyl groups is 4. The van der Waals surface area contributed by atoms with Crippen molar-refractivity contribution in [3.8, 4) is 46.7 Å². The number of phenols is 3. The Morgan fingerprint density at radius 1 is 0.747 bits per heavy atom. The highest BCUT2D eigenvalue weighted by molar-refractivity contribution is 6.06. The average molecular weight is 1230 g/mol. The number of dihydropyridines is 1. The normalized spacial score (nSPS) is 29.6. The number of β-amino-alcohol motifs (C(OH)–C–C–N with tert-alkyl or cyclic N) is 1. The molecule has 12 rings (SSSR count). The third-order valence-corrected chi connectivity index (χ3v) is 21.2. The molecule has 2 saturated carbocycles. The van der Waals surface area contributed by atoms with E-state index in [0.717, 1.165) is 56.8 Å². The molecule has 14 heteroatoms. The number of aromatic amines is 1. The van der Waals surface area contributed by atoms with Gasteiger partial charge < -0.3 is 61.4 Å². The quantitative estimate of drug-likeness (QED) is 0.0551. The van der Waals surface area contributed by atoms with E-state index in [2.05, 4.69) is 88.8 Å². The fourth-order valence-electron chi connectivity index (χ4n) is 16.5. The first-order valence-corrected chi connectivity index (χ1v) is 33.2. The third kappa shape index (κ3) is 13.9. The van der Waals surface area contributed by atoms with E-state index in [4.69, 9.17) is 4.74 Å². The number of aromatic nitrogens is 1. The molecule has 2 aliphatic heterocycles. The number of methoxy groups -OCH3 is 1. The maximum Gasteiger partial charge on any atom is 0.173 e. The van der Waals surface area contributed by atoms with Crippen LogP contribution in [-0.2, 0) is 35.3 Å². The molecule has 1 aromatic heterocycles. The van der Waals surface area contributed by atoms with E-state index in [-0.39, 0.29) is 109 Å². The number of Topliss-reactive ketones (excluding diaryl/α,β-unsaturated/α-hetero) is 2. The Kier molecular flexibility index (Phi) is 19.5. The van der Waals surface area contributed by atoms with Crippen LogP contribution in [0.2, 0.25) is 0 Å². The minimum absolute atomic E-state index is 0.0547. The monoisotopic (exact) mass is 1230 g/mol. The van der Waals surface area contributed by atoms with Crippen molar-refractivity contribution in [3.63, 3.8) is 0 Å². The molecule has 4 aliphatic carbocycles. The Morgan fingerprint density at radius 3 is 2.40 bits per heavy atom. The van der Waals surface area contributed by atoms with E-state index < -0.39 is 47.6 Å². The van der Waals surface area contributed by atoms with Crippen LogP contribution in [0.5, 0.6) is 23.0 Å². The van der Waals surface area contributed by atoms with E-state index in [1.54, 1.807) is 24.3 Å². The van der Waals surface area contributed by atoms with Gasteiger partial charge in [-0.25, -0.2) is 0 Å². The Hall–Kier alpha value is -7.82. The number of hydrogen-bond acceptors (Lipinski definition) is 13. The topological polar surface area (TPSA) is 237 Å². The highest BCUT2D eigenvalue weighted by Gasteiger charge is 2.46. The number of aryl methyl sites for hydroxylation is 1. The van der Waals surface area contributed by atoms with Gasteiger partial charge in [0.2, 0.25) is 0 Å². The van der Waals surface area contributed by atoms with Crippen LogP contribution in [0.4, 0.5) is 5.69 Å². The van der Waals surface area contributed by atoms with E-state index >= 15 is 4.79 Å². The Bertz CT molecular complexity index is 3840. The predicted molar refractivity (Wildman–Crippen MR) is 353 cm³/mol. The number of rotatable bonds is 6. The number of phenolic OH excluding ortho intramolecular Hbond substituents is 3. The molecule has 3 heterocycles. The number of anilines is 1. The van der Waals surface area contributed by atoms with Gasteiger partial charge in [0.25, 0.3) is 0 Å². The lowest BCUT2D eigenvalue weighted by molar-refractivity contribution is -0.142. The van der Waals surface area contributed by atoms with Crippen molar-refractivity contribution >= 4 is 28.0 Å². The smallest absolute Gasteiger partial charge is 0.173 e. The number of hydrogen-bond donors (Lipinski definition) is 11. The first kappa shape index (κ1) is 63.3. The first-order valence-electron chi connectivity index (χ1n) is 33.2. The summed E-state index contributed by atoms with van der Waals surface area (Å²) in [7, 11) is 1.48. The Morgan fingerprint density at radius 2 is 1.58 bits per heavy atom. The lowest BCUT2D eigenvalue weighted by Gasteiger charge is -2.41. The molecular weight excluding hydrogens is 1140 g/mol. The van der Waals surface area contributed by atoms with Gasteiger partial charge in [0.1, 0.15) is 17.3 Å². The average Bonchev–Trinajstić information content (AvgIpc) is 1.57. The van der Waals surface area contributed by atoms with Crippen LogP contribution in [0.15, 0.2) is 127 Å². The summed E-state index contributed by atoms with van der Waals surface area (Å²) in [5, 5.41) is 94.6. The maximum atomic E-state index is 15.6. The number of allylic oxidation sites excluding steroid dienone is 2. The van der Waals surface area contributed by atoms with Gasteiger partial charge >= 0.3 is 0 Å². The van der Waals surface area contributed by atoms with Crippen molar-refractivity contribution < 1.29 is 50.1 Å². The molecule has 0 saturated heterocycles. The van der Waals surface area contributed by atoms with Gasteiger partial charge in [-0.15, -0.1) is 5.92 Å². The summed E-state index contributed by atoms with van der Waals surface area (Å²) in [5.74, 6) is 11.7. The molecule has 91 heavy (non-hydrogen) atoms. The standard InChI is InChI=1S/C77H88N4O10/c1-4-9-63-54-30-52-29-48-19-22-65(67-39-72(87)73(91-3)35-49(67)20-23-70(85)77(90)76(89)68(48)34-54)64-14-6-5-13-62(64)53-28-47(66(56(31-53)43-82)27-45-10-7-12-59(83)26-45)11-8-15-61(52)50-24-25-79-74(36-50)81-57-21-18-46-16-17-51(75(88)69(46)37-57)33-60(84)42-78-40-44(2)55-32-58(80-41-55)38-71(63)86/h5-7,10,12-14,16-18,21,24,26,32,35-37,39,41,44,47-48,52-54,56,60-61,63,65-66,68,71,77-84,86-88,90H,4,9,15,20,23,25,27-31,33-34,38,40,42-43H2,1-3H3. The van der Waals surface area contributed by atoms with Crippen LogP contribution >= 0.6 is 0 Å². The summed E-state index contributed by atoms with van der Waals surface area (Å²) in [6, 6.07) is 31.0. The largest absolute Gasteiger partial charge is 0.508 e. The maximum absolute atomic E-state index is 15.6. The van der Waals surface area contributed by atoms with Crippen molar-refractivity contribution in [1.29, 1.82) is 0 Å². The number of nitrogens with one attached hydrogen (secondary N) is 4. The molecule has 11 N–H and O–H groups in total. The summed E-state index contributed by atoms with van der Waals surface area (Å²) in [6.07, 6.45) is 8.41. The number of carbonyl (C=O) groups excluding carboxylic acids is 2. The van der Waals surface area contributed by atoms with Gasteiger partial charge in [0, 0.05) is 92.6 Å². The van der Waals surface area contributed by atoms with Crippen LogP contribution in [0.3, 0.4) is 0 Å². The van der Waals surface area contributed by atoms with Crippen LogP contribution in [0.1, 0.15) is 134 Å². The third-order valence-electron chi connectivity index (χ3n) is 21.2. The van der Waals surface area contributed by atoms with E-state index in [1.165, 1.54) is 7.11 Å². The molecule has 2 fully saturated rings. The highest BCUT2D eigenvalue weighted by Crippen LogP contribution is 2.51. The number of benzene rings is 5. The zero-order chi connectivity index (χ0) is 63.4. The number of H-pyrrole nitrogens is 1. The molecule has 0 spiro atoms. The fraction of sp³-hybridized carbons (Fsp3) is 0.455. The van der Waals surface area contributed by atoms with Crippen molar-refractivity contribution in [2.24, 2.45) is 53.3 Å². The number of ether oxygens (including phenoxy) is 1. The zero-order valence-corrected chi connectivity index (χ0v) is 52.5. The summed E-state index contributed by atoms with van der Waals surface area (Å²) >= 11 is 0. The SMILES string of the molecule is CCCC1C(O)Cc2cc(c[nH]2)C(C)CNCC(O)Cc2ccc3ccc(cc3c2O)NC2=CC(=CCN2)C2CC#CC3CC(CC(CO)C3Cc3cccc(O)c3)c3ccccc3C3C#CC4CC2CC1CC4C(=O)C(O)C(=O)CCc1cc(OC)c(O)cc13. The van der Waals surface area contributed by atoms with Crippen molar-refractivity contribution in [2.45, 2.75) is 133 Å². The summed E-state index contributed by atoms with van der Waals surface area (Å²) in [6.45, 7) is 5.54. The minimum atomic E-state index is -1.92. The highest BCUT2D eigenvalue weighted by atomic mass is 16.5. The van der Waals surface area contributed by atoms with Crippen LogP contribution in [0, 0.1) is 76.9 Å². The van der Waals surface area contributed by atoms with E-state index in [1.807, 2.05) is 60.8 Å².